The number of hydrogen-bond acceptors (Lipinski definition) is 3. The van der Waals surface area contributed by atoms with Crippen LogP contribution >= 0.6 is 0 Å². The first-order chi connectivity index (χ1) is 8.31. The predicted octanol–water partition coefficient (Wildman–Crippen LogP) is 1.88. The summed E-state index contributed by atoms with van der Waals surface area (Å²) in [6, 6.07) is 6.85. The fourth-order valence-corrected chi connectivity index (χ4v) is 2.73. The van der Waals surface area contributed by atoms with E-state index in [1.807, 2.05) is 0 Å². The van der Waals surface area contributed by atoms with Gasteiger partial charge in [-0.15, -0.1) is 0 Å². The van der Waals surface area contributed by atoms with E-state index in [9.17, 15) is 0 Å². The molecule has 3 rings (SSSR count). The first-order valence-corrected chi connectivity index (χ1v) is 6.51. The standard InChI is InChI=1S/C14H20N2O/c1-11-9-16(6-7-17-11)10-12-2-3-13-4-5-15-14(13)8-12/h2-3,8,11,15H,4-7,9-10H2,1H3. The van der Waals surface area contributed by atoms with Crippen molar-refractivity contribution in [3.8, 4) is 0 Å². The number of nitrogens with one attached hydrogen (secondary N) is 1. The molecule has 1 fully saturated rings. The quantitative estimate of drug-likeness (QED) is 0.842. The number of hydrogen-bond donors (Lipinski definition) is 1. The van der Waals surface area contributed by atoms with Gasteiger partial charge in [0.2, 0.25) is 0 Å². The molecule has 1 aromatic rings. The molecular weight excluding hydrogens is 212 g/mol. The third-order valence-electron chi connectivity index (χ3n) is 3.62. The molecule has 17 heavy (non-hydrogen) atoms. The van der Waals surface area contributed by atoms with Gasteiger partial charge in [-0.1, -0.05) is 12.1 Å². The highest BCUT2D eigenvalue weighted by molar-refractivity contribution is 5.56. The van der Waals surface area contributed by atoms with Crippen molar-refractivity contribution in [3.05, 3.63) is 29.3 Å². The summed E-state index contributed by atoms with van der Waals surface area (Å²) in [6.45, 7) is 7.25. The first kappa shape index (κ1) is 11.1. The summed E-state index contributed by atoms with van der Waals surface area (Å²) < 4.78 is 5.57. The van der Waals surface area contributed by atoms with E-state index in [2.05, 4.69) is 35.3 Å². The number of rotatable bonds is 2. The lowest BCUT2D eigenvalue weighted by Gasteiger charge is -2.31. The summed E-state index contributed by atoms with van der Waals surface area (Å²) in [7, 11) is 0. The summed E-state index contributed by atoms with van der Waals surface area (Å²) >= 11 is 0. The number of morpholine rings is 1. The Balaban J connectivity index is 1.68. The molecule has 1 N–H and O–H groups in total. The molecule has 0 saturated carbocycles. The van der Waals surface area contributed by atoms with Gasteiger partial charge in [-0.3, -0.25) is 4.90 Å². The van der Waals surface area contributed by atoms with Crippen LogP contribution in [0.4, 0.5) is 5.69 Å². The molecule has 2 aliphatic heterocycles. The summed E-state index contributed by atoms with van der Waals surface area (Å²) in [6.07, 6.45) is 1.54. The summed E-state index contributed by atoms with van der Waals surface area (Å²) in [5.41, 5.74) is 4.21. The molecule has 2 aliphatic rings. The molecule has 0 bridgehead atoms. The molecule has 0 aromatic heterocycles. The molecule has 3 nitrogen and oxygen atoms in total. The molecule has 1 aromatic carbocycles. The first-order valence-electron chi connectivity index (χ1n) is 6.51. The topological polar surface area (TPSA) is 24.5 Å². The van der Waals surface area contributed by atoms with E-state index < -0.39 is 0 Å². The van der Waals surface area contributed by atoms with Gasteiger partial charge in [0.1, 0.15) is 0 Å². The molecule has 3 heteroatoms. The van der Waals surface area contributed by atoms with Crippen LogP contribution in [0.25, 0.3) is 0 Å². The van der Waals surface area contributed by atoms with Gasteiger partial charge in [0.05, 0.1) is 12.7 Å². The van der Waals surface area contributed by atoms with Crippen LogP contribution < -0.4 is 5.32 Å². The maximum atomic E-state index is 5.57. The van der Waals surface area contributed by atoms with E-state index in [4.69, 9.17) is 4.74 Å². The molecule has 1 unspecified atom stereocenters. The van der Waals surface area contributed by atoms with Crippen molar-refractivity contribution >= 4 is 5.69 Å². The maximum absolute atomic E-state index is 5.57. The fraction of sp³-hybridized carbons (Fsp3) is 0.571. The smallest absolute Gasteiger partial charge is 0.0674 e. The van der Waals surface area contributed by atoms with Crippen LogP contribution in [0, 0.1) is 0 Å². The summed E-state index contributed by atoms with van der Waals surface area (Å²) in [4.78, 5) is 2.48. The maximum Gasteiger partial charge on any atom is 0.0674 e. The van der Waals surface area contributed by atoms with Crippen LogP contribution in [0.3, 0.4) is 0 Å². The highest BCUT2D eigenvalue weighted by Gasteiger charge is 2.17. The molecule has 0 spiro atoms. The molecule has 0 radical (unpaired) electrons. The lowest BCUT2D eigenvalue weighted by molar-refractivity contribution is -0.0212. The zero-order valence-corrected chi connectivity index (χ0v) is 10.4. The highest BCUT2D eigenvalue weighted by Crippen LogP contribution is 2.24. The van der Waals surface area contributed by atoms with Gasteiger partial charge in [-0.2, -0.15) is 0 Å². The van der Waals surface area contributed by atoms with E-state index in [-0.39, 0.29) is 0 Å². The van der Waals surface area contributed by atoms with E-state index in [1.165, 1.54) is 23.2 Å². The average Bonchev–Trinajstić information content (AvgIpc) is 2.76. The number of ether oxygens (including phenoxy) is 1. The van der Waals surface area contributed by atoms with Crippen molar-refractivity contribution in [3.63, 3.8) is 0 Å². The van der Waals surface area contributed by atoms with Gasteiger partial charge in [-0.25, -0.2) is 0 Å². The third kappa shape index (κ3) is 2.45. The minimum absolute atomic E-state index is 0.372. The normalized spacial score (nSPS) is 24.4. The Hall–Kier alpha value is -1.06. The van der Waals surface area contributed by atoms with Crippen LogP contribution in [0.1, 0.15) is 18.1 Å². The summed E-state index contributed by atoms with van der Waals surface area (Å²) in [5.74, 6) is 0. The second kappa shape index (κ2) is 4.67. The number of anilines is 1. The number of fused-ring (bicyclic) bond motifs is 1. The molecule has 92 valence electrons. The monoisotopic (exact) mass is 232 g/mol. The Morgan fingerprint density at radius 2 is 2.41 bits per heavy atom. The molecule has 1 saturated heterocycles. The zero-order chi connectivity index (χ0) is 11.7. The second-order valence-corrected chi connectivity index (χ2v) is 5.08. The molecule has 0 amide bonds. The van der Waals surface area contributed by atoms with Gasteiger partial charge >= 0.3 is 0 Å². The van der Waals surface area contributed by atoms with Gasteiger partial charge in [0.15, 0.2) is 0 Å². The molecular formula is C14H20N2O. The molecule has 2 heterocycles. The summed E-state index contributed by atoms with van der Waals surface area (Å²) in [5, 5.41) is 3.44. The molecule has 1 atom stereocenters. The molecule has 0 aliphatic carbocycles. The van der Waals surface area contributed by atoms with Crippen molar-refractivity contribution in [1.29, 1.82) is 0 Å². The van der Waals surface area contributed by atoms with Crippen molar-refractivity contribution in [2.75, 3.05) is 31.6 Å². The van der Waals surface area contributed by atoms with E-state index in [0.29, 0.717) is 6.10 Å². The largest absolute Gasteiger partial charge is 0.384 e. The number of nitrogens with zero attached hydrogens (tertiary/aromatic N) is 1. The lowest BCUT2D eigenvalue weighted by Crippen LogP contribution is -2.40. The minimum atomic E-state index is 0.372. The van der Waals surface area contributed by atoms with Crippen molar-refractivity contribution in [1.82, 2.24) is 4.90 Å². The van der Waals surface area contributed by atoms with Gasteiger partial charge in [0, 0.05) is 31.9 Å². The van der Waals surface area contributed by atoms with Gasteiger partial charge in [0.25, 0.3) is 0 Å². The van der Waals surface area contributed by atoms with Gasteiger partial charge in [-0.05, 0) is 30.5 Å². The van der Waals surface area contributed by atoms with E-state index in [0.717, 1.165) is 32.8 Å². The Bertz CT molecular complexity index is 405. The minimum Gasteiger partial charge on any atom is -0.384 e. The van der Waals surface area contributed by atoms with E-state index >= 15 is 0 Å². The predicted molar refractivity (Wildman–Crippen MR) is 69.3 cm³/mol. The van der Waals surface area contributed by atoms with Crippen LogP contribution in [-0.4, -0.2) is 37.2 Å². The van der Waals surface area contributed by atoms with Crippen LogP contribution in [0.5, 0.6) is 0 Å². The van der Waals surface area contributed by atoms with Crippen molar-refractivity contribution in [2.24, 2.45) is 0 Å². The SMILES string of the molecule is CC1CN(Cc2ccc3c(c2)NCC3)CCO1. The Morgan fingerprint density at radius 3 is 3.29 bits per heavy atom. The number of benzene rings is 1. The Kier molecular flexibility index (Phi) is 3.04. The van der Waals surface area contributed by atoms with Crippen molar-refractivity contribution in [2.45, 2.75) is 26.0 Å². The van der Waals surface area contributed by atoms with Crippen LogP contribution in [0.2, 0.25) is 0 Å². The Labute approximate surface area is 103 Å². The van der Waals surface area contributed by atoms with Crippen LogP contribution in [0.15, 0.2) is 18.2 Å². The van der Waals surface area contributed by atoms with E-state index in [1.54, 1.807) is 0 Å². The van der Waals surface area contributed by atoms with Gasteiger partial charge < -0.3 is 10.1 Å². The fourth-order valence-electron chi connectivity index (χ4n) is 2.73. The Morgan fingerprint density at radius 1 is 1.47 bits per heavy atom. The zero-order valence-electron chi connectivity index (χ0n) is 10.4. The average molecular weight is 232 g/mol. The second-order valence-electron chi connectivity index (χ2n) is 5.08. The van der Waals surface area contributed by atoms with Crippen LogP contribution in [-0.2, 0) is 17.7 Å². The highest BCUT2D eigenvalue weighted by atomic mass is 16.5. The third-order valence-corrected chi connectivity index (χ3v) is 3.62. The lowest BCUT2D eigenvalue weighted by atomic mass is 10.1. The van der Waals surface area contributed by atoms with Crippen molar-refractivity contribution < 1.29 is 4.74 Å².